The number of nitrogens with one attached hydrogen (secondary N) is 1. The second-order valence-corrected chi connectivity index (χ2v) is 5.03. The third-order valence-corrected chi connectivity index (χ3v) is 3.18. The number of hydroxylamine groups is 1. The minimum atomic E-state index is -0.667. The van der Waals surface area contributed by atoms with Crippen LogP contribution >= 0.6 is 11.6 Å². The number of benzene rings is 1. The summed E-state index contributed by atoms with van der Waals surface area (Å²) in [6.07, 6.45) is 1.82. The second kappa shape index (κ2) is 7.47. The molecule has 1 N–H and O–H groups in total. The number of hydrogen-bond donors (Lipinski definition) is 1. The lowest BCUT2D eigenvalue weighted by molar-refractivity contribution is -0.202. The topological polar surface area (TPSA) is 56.8 Å². The van der Waals surface area contributed by atoms with Crippen LogP contribution in [-0.4, -0.2) is 24.9 Å². The van der Waals surface area contributed by atoms with Gasteiger partial charge in [0.15, 0.2) is 12.4 Å². The lowest BCUT2D eigenvalue weighted by atomic mass is 10.2. The molecule has 1 amide bonds. The van der Waals surface area contributed by atoms with Crippen molar-refractivity contribution in [3.05, 3.63) is 29.3 Å². The van der Waals surface area contributed by atoms with E-state index in [0.29, 0.717) is 17.4 Å². The number of carbonyl (C=O) groups is 1. The maximum absolute atomic E-state index is 11.8. The third-order valence-electron chi connectivity index (χ3n) is 2.92. The molecule has 6 heteroatoms. The highest BCUT2D eigenvalue weighted by molar-refractivity contribution is 6.30. The van der Waals surface area contributed by atoms with Gasteiger partial charge in [0, 0.05) is 18.1 Å². The fourth-order valence-corrected chi connectivity index (χ4v) is 1.91. The minimum Gasteiger partial charge on any atom is -0.481 e. The average Bonchev–Trinajstić information content (AvgIpc) is 2.48. The standard InChI is InChI=1S/C14H18ClNO4/c1-10(19-12-7-5-11(15)6-8-12)14(17)16-20-13-4-2-3-9-18-13/h5-8,10,13H,2-4,9H2,1H3,(H,16,17)/t10-,13?/m0/s1. The Labute approximate surface area is 123 Å². The molecule has 1 aromatic carbocycles. The summed E-state index contributed by atoms with van der Waals surface area (Å²) in [4.78, 5) is 17.0. The van der Waals surface area contributed by atoms with Gasteiger partial charge in [-0.1, -0.05) is 11.6 Å². The Bertz CT molecular complexity index is 431. The van der Waals surface area contributed by atoms with Crippen molar-refractivity contribution in [3.8, 4) is 5.75 Å². The van der Waals surface area contributed by atoms with E-state index in [4.69, 9.17) is 25.9 Å². The molecule has 0 aliphatic carbocycles. The molecule has 20 heavy (non-hydrogen) atoms. The molecule has 0 radical (unpaired) electrons. The average molecular weight is 300 g/mol. The van der Waals surface area contributed by atoms with E-state index < -0.39 is 6.10 Å². The largest absolute Gasteiger partial charge is 0.481 e. The van der Waals surface area contributed by atoms with E-state index in [1.165, 1.54) is 0 Å². The van der Waals surface area contributed by atoms with Crippen LogP contribution in [0.4, 0.5) is 0 Å². The molecule has 2 atom stereocenters. The molecule has 1 aromatic rings. The van der Waals surface area contributed by atoms with Crippen molar-refractivity contribution in [2.75, 3.05) is 6.61 Å². The van der Waals surface area contributed by atoms with Crippen LogP contribution in [0.3, 0.4) is 0 Å². The van der Waals surface area contributed by atoms with Crippen LogP contribution in [0.15, 0.2) is 24.3 Å². The molecule has 1 unspecified atom stereocenters. The van der Waals surface area contributed by atoms with Crippen molar-refractivity contribution in [1.82, 2.24) is 5.48 Å². The van der Waals surface area contributed by atoms with Gasteiger partial charge in [0.1, 0.15) is 5.75 Å². The monoisotopic (exact) mass is 299 g/mol. The summed E-state index contributed by atoms with van der Waals surface area (Å²) >= 11 is 5.78. The van der Waals surface area contributed by atoms with Crippen LogP contribution in [0.1, 0.15) is 26.2 Å². The number of hydrogen-bond acceptors (Lipinski definition) is 4. The number of halogens is 1. The summed E-state index contributed by atoms with van der Waals surface area (Å²) in [5, 5.41) is 0.618. The maximum atomic E-state index is 11.8. The molecular weight excluding hydrogens is 282 g/mol. The highest BCUT2D eigenvalue weighted by Crippen LogP contribution is 2.17. The first-order valence-electron chi connectivity index (χ1n) is 6.64. The van der Waals surface area contributed by atoms with Gasteiger partial charge in [-0.05, 0) is 44.0 Å². The van der Waals surface area contributed by atoms with E-state index in [0.717, 1.165) is 19.3 Å². The Morgan fingerprint density at radius 2 is 2.15 bits per heavy atom. The minimum absolute atomic E-state index is 0.353. The van der Waals surface area contributed by atoms with Crippen LogP contribution in [0, 0.1) is 0 Å². The van der Waals surface area contributed by atoms with Crippen molar-refractivity contribution >= 4 is 17.5 Å². The molecular formula is C14H18ClNO4. The van der Waals surface area contributed by atoms with Gasteiger partial charge in [0.2, 0.25) is 0 Å². The van der Waals surface area contributed by atoms with Gasteiger partial charge < -0.3 is 9.47 Å². The molecule has 0 aromatic heterocycles. The SMILES string of the molecule is C[C@H](Oc1ccc(Cl)cc1)C(=O)NOC1CCCCO1. The summed E-state index contributed by atoms with van der Waals surface area (Å²) in [6.45, 7) is 2.31. The van der Waals surface area contributed by atoms with E-state index in [-0.39, 0.29) is 12.2 Å². The first-order valence-corrected chi connectivity index (χ1v) is 7.02. The zero-order valence-corrected chi connectivity index (χ0v) is 12.1. The molecule has 1 saturated heterocycles. The lowest BCUT2D eigenvalue weighted by Crippen LogP contribution is -2.40. The molecule has 0 spiro atoms. The maximum Gasteiger partial charge on any atom is 0.284 e. The van der Waals surface area contributed by atoms with Crippen LogP contribution in [0.2, 0.25) is 5.02 Å². The van der Waals surface area contributed by atoms with Crippen molar-refractivity contribution in [1.29, 1.82) is 0 Å². The lowest BCUT2D eigenvalue weighted by Gasteiger charge is -2.23. The van der Waals surface area contributed by atoms with Crippen molar-refractivity contribution in [2.45, 2.75) is 38.6 Å². The molecule has 1 fully saturated rings. The Kier molecular flexibility index (Phi) is 5.64. The van der Waals surface area contributed by atoms with Gasteiger partial charge in [-0.25, -0.2) is 10.3 Å². The highest BCUT2D eigenvalue weighted by Gasteiger charge is 2.19. The van der Waals surface area contributed by atoms with Gasteiger partial charge >= 0.3 is 0 Å². The van der Waals surface area contributed by atoms with Crippen LogP contribution in [-0.2, 0) is 14.4 Å². The normalized spacial score (nSPS) is 20.2. The zero-order valence-electron chi connectivity index (χ0n) is 11.3. The molecule has 5 nitrogen and oxygen atoms in total. The van der Waals surface area contributed by atoms with E-state index in [1.807, 2.05) is 0 Å². The summed E-state index contributed by atoms with van der Waals surface area (Å²) in [5.74, 6) is 0.222. The third kappa shape index (κ3) is 4.67. The first-order chi connectivity index (χ1) is 9.65. The van der Waals surface area contributed by atoms with Crippen molar-refractivity contribution in [3.63, 3.8) is 0 Å². The van der Waals surface area contributed by atoms with Crippen molar-refractivity contribution < 1.29 is 19.1 Å². The van der Waals surface area contributed by atoms with Gasteiger partial charge in [-0.15, -0.1) is 0 Å². The number of carbonyl (C=O) groups excluding carboxylic acids is 1. The summed E-state index contributed by atoms with van der Waals surface area (Å²) < 4.78 is 10.8. The molecule has 1 aliphatic heterocycles. The predicted octanol–water partition coefficient (Wildman–Crippen LogP) is 2.68. The molecule has 1 aliphatic rings. The zero-order chi connectivity index (χ0) is 14.4. The Morgan fingerprint density at radius 3 is 2.80 bits per heavy atom. The van der Waals surface area contributed by atoms with Gasteiger partial charge in [0.25, 0.3) is 5.91 Å². The predicted molar refractivity (Wildman–Crippen MR) is 74.4 cm³/mol. The van der Waals surface area contributed by atoms with E-state index in [1.54, 1.807) is 31.2 Å². The van der Waals surface area contributed by atoms with Crippen LogP contribution in [0.25, 0.3) is 0 Å². The number of ether oxygens (including phenoxy) is 2. The van der Waals surface area contributed by atoms with Crippen molar-refractivity contribution in [2.24, 2.45) is 0 Å². The van der Waals surface area contributed by atoms with Gasteiger partial charge in [0.05, 0.1) is 0 Å². The molecule has 2 rings (SSSR count). The quantitative estimate of drug-likeness (QED) is 0.849. The fraction of sp³-hybridized carbons (Fsp3) is 0.500. The van der Waals surface area contributed by atoms with E-state index >= 15 is 0 Å². The van der Waals surface area contributed by atoms with Crippen LogP contribution < -0.4 is 10.2 Å². The Balaban J connectivity index is 1.75. The molecule has 0 bridgehead atoms. The van der Waals surface area contributed by atoms with Crippen LogP contribution in [0.5, 0.6) is 5.75 Å². The van der Waals surface area contributed by atoms with E-state index in [2.05, 4.69) is 5.48 Å². The van der Waals surface area contributed by atoms with E-state index in [9.17, 15) is 4.79 Å². The van der Waals surface area contributed by atoms with Gasteiger partial charge in [-0.3, -0.25) is 4.79 Å². The molecule has 0 saturated carbocycles. The smallest absolute Gasteiger partial charge is 0.284 e. The Morgan fingerprint density at radius 1 is 1.40 bits per heavy atom. The summed E-state index contributed by atoms with van der Waals surface area (Å²) in [7, 11) is 0. The Hall–Kier alpha value is -1.30. The fourth-order valence-electron chi connectivity index (χ4n) is 1.78. The summed E-state index contributed by atoms with van der Waals surface area (Å²) in [5.41, 5.74) is 2.37. The summed E-state index contributed by atoms with van der Waals surface area (Å²) in [6, 6.07) is 6.82. The molecule has 110 valence electrons. The first kappa shape index (κ1) is 15.1. The van der Waals surface area contributed by atoms with Gasteiger partial charge in [-0.2, -0.15) is 0 Å². The number of amides is 1. The number of rotatable bonds is 5. The highest BCUT2D eigenvalue weighted by atomic mass is 35.5. The molecule has 1 heterocycles. The second-order valence-electron chi connectivity index (χ2n) is 4.59.